The van der Waals surface area contributed by atoms with Gasteiger partial charge in [0.05, 0.1) is 19.5 Å². The van der Waals surface area contributed by atoms with Crippen molar-refractivity contribution in [1.29, 1.82) is 0 Å². The third kappa shape index (κ3) is 9.08. The number of halogens is 1. The Hall–Kier alpha value is -0.900. The van der Waals surface area contributed by atoms with E-state index in [0.717, 1.165) is 7.11 Å². The first-order valence-electron chi connectivity index (χ1n) is 5.59. The number of hydrogen-bond donors (Lipinski definition) is 2. The number of carbonyl (C=O) groups is 2. The summed E-state index contributed by atoms with van der Waals surface area (Å²) in [6, 6.07) is 0. The van der Waals surface area contributed by atoms with E-state index in [4.69, 9.17) is 5.73 Å². The van der Waals surface area contributed by atoms with Gasteiger partial charge in [-0.15, -0.1) is 12.4 Å². The van der Waals surface area contributed by atoms with Crippen molar-refractivity contribution >= 4 is 34.4 Å². The van der Waals surface area contributed by atoms with E-state index in [1.54, 1.807) is 0 Å². The smallest absolute Gasteiger partial charge is 0.328 e. The maximum Gasteiger partial charge on any atom is 0.328 e. The molecule has 0 saturated heterocycles. The zero-order valence-electron chi connectivity index (χ0n) is 11.7. The summed E-state index contributed by atoms with van der Waals surface area (Å²) in [5, 5.41) is 2.46. The summed E-state index contributed by atoms with van der Waals surface area (Å²) in [6.07, 6.45) is 0.210. The highest BCUT2D eigenvalue weighted by Crippen LogP contribution is 2.06. The molecule has 20 heavy (non-hydrogen) atoms. The second kappa shape index (κ2) is 9.11. The van der Waals surface area contributed by atoms with Crippen molar-refractivity contribution in [2.24, 2.45) is 5.73 Å². The zero-order chi connectivity index (χ0) is 15.1. The van der Waals surface area contributed by atoms with Gasteiger partial charge >= 0.3 is 5.97 Å². The molecule has 1 atom stereocenters. The number of ether oxygens (including phenoxy) is 1. The molecule has 0 aliphatic carbocycles. The Balaban J connectivity index is 0. The Kier molecular flexibility index (Phi) is 9.75. The molecule has 0 fully saturated rings. The molecule has 0 spiro atoms. The average molecular weight is 333 g/mol. The van der Waals surface area contributed by atoms with Gasteiger partial charge in [0.1, 0.15) is 5.54 Å². The van der Waals surface area contributed by atoms with E-state index < -0.39 is 28.2 Å². The summed E-state index contributed by atoms with van der Waals surface area (Å²) in [5.74, 6) is -1.27. The van der Waals surface area contributed by atoms with Gasteiger partial charge in [0.15, 0.2) is 0 Å². The predicted octanol–water partition coefficient (Wildman–Crippen LogP) is -0.829. The first-order chi connectivity index (χ1) is 8.60. The number of esters is 1. The highest BCUT2D eigenvalue weighted by atomic mass is 35.5. The maximum atomic E-state index is 11.5. The number of nitrogens with two attached hydrogens (primary N) is 1. The van der Waals surface area contributed by atoms with Crippen LogP contribution in [0, 0.1) is 0 Å². The van der Waals surface area contributed by atoms with E-state index in [1.165, 1.54) is 13.8 Å². The van der Waals surface area contributed by atoms with Gasteiger partial charge in [-0.3, -0.25) is 8.98 Å². The minimum absolute atomic E-state index is 0. The SMILES string of the molecule is COC(=O)C(C)(N)COS(=O)(=O)CCCNC(C)=O.Cl. The lowest BCUT2D eigenvalue weighted by atomic mass is 10.1. The number of hydrogen-bond acceptors (Lipinski definition) is 7. The van der Waals surface area contributed by atoms with Crippen molar-refractivity contribution in [3.63, 3.8) is 0 Å². The summed E-state index contributed by atoms with van der Waals surface area (Å²) in [7, 11) is -2.65. The second-order valence-electron chi connectivity index (χ2n) is 4.27. The van der Waals surface area contributed by atoms with Gasteiger partial charge in [0, 0.05) is 13.5 Å². The first kappa shape index (κ1) is 21.4. The minimum Gasteiger partial charge on any atom is -0.468 e. The van der Waals surface area contributed by atoms with Crippen LogP contribution in [0.5, 0.6) is 0 Å². The van der Waals surface area contributed by atoms with Crippen LogP contribution in [0.25, 0.3) is 0 Å². The van der Waals surface area contributed by atoms with Gasteiger partial charge in [-0.05, 0) is 13.3 Å². The number of methoxy groups -OCH3 is 1. The monoisotopic (exact) mass is 332 g/mol. The van der Waals surface area contributed by atoms with Crippen LogP contribution in [-0.4, -0.2) is 51.8 Å². The van der Waals surface area contributed by atoms with E-state index in [2.05, 4.69) is 14.2 Å². The third-order valence-electron chi connectivity index (χ3n) is 2.14. The fourth-order valence-corrected chi connectivity index (χ4v) is 2.12. The lowest BCUT2D eigenvalue weighted by molar-refractivity contribution is -0.147. The minimum atomic E-state index is -3.79. The van der Waals surface area contributed by atoms with E-state index in [1.807, 2.05) is 0 Å². The molecule has 0 aromatic rings. The molecule has 0 heterocycles. The van der Waals surface area contributed by atoms with Crippen molar-refractivity contribution in [1.82, 2.24) is 5.32 Å². The van der Waals surface area contributed by atoms with Gasteiger partial charge in [0.25, 0.3) is 10.1 Å². The van der Waals surface area contributed by atoms with Crippen LogP contribution >= 0.6 is 12.4 Å². The molecule has 0 radical (unpaired) electrons. The molecule has 0 rings (SSSR count). The van der Waals surface area contributed by atoms with E-state index >= 15 is 0 Å². The molecule has 120 valence electrons. The predicted molar refractivity (Wildman–Crippen MR) is 74.9 cm³/mol. The average Bonchev–Trinajstić information content (AvgIpc) is 2.31. The molecule has 0 aliphatic heterocycles. The highest BCUT2D eigenvalue weighted by Gasteiger charge is 2.32. The van der Waals surface area contributed by atoms with Crippen molar-refractivity contribution in [2.75, 3.05) is 26.0 Å². The Morgan fingerprint density at radius 2 is 1.90 bits per heavy atom. The van der Waals surface area contributed by atoms with E-state index in [9.17, 15) is 18.0 Å². The van der Waals surface area contributed by atoms with Gasteiger partial charge in [-0.1, -0.05) is 0 Å². The maximum absolute atomic E-state index is 11.5. The number of carbonyl (C=O) groups excluding carboxylic acids is 2. The van der Waals surface area contributed by atoms with Gasteiger partial charge < -0.3 is 15.8 Å². The van der Waals surface area contributed by atoms with Crippen LogP contribution in [0.3, 0.4) is 0 Å². The molecule has 1 amide bonds. The molecule has 1 unspecified atom stereocenters. The van der Waals surface area contributed by atoms with Crippen LogP contribution in [0.1, 0.15) is 20.3 Å². The molecule has 3 N–H and O–H groups in total. The molecular weight excluding hydrogens is 312 g/mol. The van der Waals surface area contributed by atoms with Crippen LogP contribution < -0.4 is 11.1 Å². The number of rotatable bonds is 8. The fourth-order valence-electron chi connectivity index (χ4n) is 1.08. The number of amides is 1. The molecule has 0 aliphatic rings. The highest BCUT2D eigenvalue weighted by molar-refractivity contribution is 7.86. The molecule has 8 nitrogen and oxygen atoms in total. The van der Waals surface area contributed by atoms with Crippen molar-refractivity contribution in [3.05, 3.63) is 0 Å². The van der Waals surface area contributed by atoms with Gasteiger partial charge in [-0.2, -0.15) is 8.42 Å². The van der Waals surface area contributed by atoms with E-state index in [0.29, 0.717) is 0 Å². The normalized spacial score (nSPS) is 13.8. The first-order valence-corrected chi connectivity index (χ1v) is 7.17. The number of nitrogens with one attached hydrogen (secondary N) is 1. The lowest BCUT2D eigenvalue weighted by Gasteiger charge is -2.20. The standard InChI is InChI=1S/C10H20N2O6S.ClH/c1-8(13)12-5-4-6-19(15,16)18-7-10(2,11)9(14)17-3;/h4-7,11H2,1-3H3,(H,12,13);1H. The molecular formula is C10H21ClN2O6S. The summed E-state index contributed by atoms with van der Waals surface area (Å²) < 4.78 is 32.1. The summed E-state index contributed by atoms with van der Waals surface area (Å²) in [5.41, 5.74) is 4.02. The largest absolute Gasteiger partial charge is 0.468 e. The summed E-state index contributed by atoms with van der Waals surface area (Å²) >= 11 is 0. The van der Waals surface area contributed by atoms with Crippen molar-refractivity contribution < 1.29 is 26.9 Å². The lowest BCUT2D eigenvalue weighted by Crippen LogP contribution is -2.50. The van der Waals surface area contributed by atoms with Crippen LogP contribution in [0.2, 0.25) is 0 Å². The molecule has 0 bridgehead atoms. The van der Waals surface area contributed by atoms with E-state index in [-0.39, 0.29) is 37.0 Å². The van der Waals surface area contributed by atoms with Crippen molar-refractivity contribution in [3.8, 4) is 0 Å². The Labute approximate surface area is 124 Å². The van der Waals surface area contributed by atoms with Crippen LogP contribution in [0.15, 0.2) is 0 Å². The van der Waals surface area contributed by atoms with Crippen molar-refractivity contribution in [2.45, 2.75) is 25.8 Å². The molecule has 0 saturated carbocycles. The molecule has 0 aromatic heterocycles. The zero-order valence-corrected chi connectivity index (χ0v) is 13.3. The van der Waals surface area contributed by atoms with Crippen LogP contribution in [0.4, 0.5) is 0 Å². The fraction of sp³-hybridized carbons (Fsp3) is 0.800. The summed E-state index contributed by atoms with van der Waals surface area (Å²) in [6.45, 7) is 2.38. The molecule has 10 heteroatoms. The Morgan fingerprint density at radius 1 is 1.35 bits per heavy atom. The molecule has 0 aromatic carbocycles. The quantitative estimate of drug-likeness (QED) is 0.337. The Bertz CT molecular complexity index is 423. The second-order valence-corrected chi connectivity index (χ2v) is 6.03. The van der Waals surface area contributed by atoms with Gasteiger partial charge in [-0.25, -0.2) is 4.79 Å². The topological polar surface area (TPSA) is 125 Å². The Morgan fingerprint density at radius 3 is 2.35 bits per heavy atom. The summed E-state index contributed by atoms with van der Waals surface area (Å²) in [4.78, 5) is 21.8. The van der Waals surface area contributed by atoms with Crippen LogP contribution in [-0.2, 0) is 28.6 Å². The van der Waals surface area contributed by atoms with Gasteiger partial charge in [0.2, 0.25) is 5.91 Å². The third-order valence-corrected chi connectivity index (χ3v) is 3.40.